The van der Waals surface area contributed by atoms with Gasteiger partial charge in [-0.2, -0.15) is 5.10 Å². The molecule has 0 unspecified atom stereocenters. The molecular formula is C21H18N6O2. The molecule has 4 rings (SSSR count). The number of para-hydroxylation sites is 1. The van der Waals surface area contributed by atoms with Crippen LogP contribution >= 0.6 is 0 Å². The second-order valence-electron chi connectivity index (χ2n) is 6.08. The van der Waals surface area contributed by atoms with Gasteiger partial charge in [0, 0.05) is 23.8 Å². The Labute approximate surface area is 167 Å². The summed E-state index contributed by atoms with van der Waals surface area (Å²) in [4.78, 5) is 12.0. The summed E-state index contributed by atoms with van der Waals surface area (Å²) in [6.07, 6.45) is 3.48. The lowest BCUT2D eigenvalue weighted by atomic mass is 10.2. The number of nitrogens with one attached hydrogen (secondary N) is 2. The zero-order chi connectivity index (χ0) is 19.9. The molecule has 0 radical (unpaired) electrons. The molecule has 2 N–H and O–H groups in total. The predicted molar refractivity (Wildman–Crippen MR) is 109 cm³/mol. The van der Waals surface area contributed by atoms with E-state index in [1.165, 1.54) is 0 Å². The van der Waals surface area contributed by atoms with Crippen molar-refractivity contribution >= 4 is 23.1 Å². The molecule has 29 heavy (non-hydrogen) atoms. The van der Waals surface area contributed by atoms with Crippen LogP contribution < -0.4 is 15.4 Å². The maximum absolute atomic E-state index is 12.0. The van der Waals surface area contributed by atoms with Crippen molar-refractivity contribution in [2.75, 3.05) is 17.2 Å². The first-order valence-corrected chi connectivity index (χ1v) is 8.95. The Balaban J connectivity index is 1.30. The standard InChI is InChI=1S/C21H18N6O2/c28-21(15-29-18-5-2-1-3-6-18)24-17-9-7-16(8-10-17)23-19-11-12-20(26-25-19)27-14-4-13-22-27/h1-14H,15H2,(H,23,25)(H,24,28). The van der Waals surface area contributed by atoms with Crippen molar-refractivity contribution in [2.45, 2.75) is 0 Å². The SMILES string of the molecule is O=C(COc1ccccc1)Nc1ccc(Nc2ccc(-n3cccn3)nn2)cc1. The number of ether oxygens (including phenoxy) is 1. The van der Waals surface area contributed by atoms with E-state index in [4.69, 9.17) is 4.74 Å². The molecule has 4 aromatic rings. The second-order valence-corrected chi connectivity index (χ2v) is 6.08. The monoisotopic (exact) mass is 386 g/mol. The number of amides is 1. The first kappa shape index (κ1) is 18.2. The fourth-order valence-electron chi connectivity index (χ4n) is 2.57. The van der Waals surface area contributed by atoms with Gasteiger partial charge in [0.25, 0.3) is 5.91 Å². The Bertz CT molecular complexity index is 1050. The minimum absolute atomic E-state index is 0.0534. The van der Waals surface area contributed by atoms with Crippen molar-refractivity contribution in [3.63, 3.8) is 0 Å². The first-order valence-electron chi connectivity index (χ1n) is 8.95. The van der Waals surface area contributed by atoms with Crippen molar-refractivity contribution in [1.29, 1.82) is 0 Å². The molecule has 0 aliphatic rings. The van der Waals surface area contributed by atoms with Gasteiger partial charge in [-0.05, 0) is 54.6 Å². The number of hydrogen-bond donors (Lipinski definition) is 2. The van der Waals surface area contributed by atoms with Crippen LogP contribution in [0.2, 0.25) is 0 Å². The topological polar surface area (TPSA) is 94.0 Å². The van der Waals surface area contributed by atoms with Gasteiger partial charge < -0.3 is 15.4 Å². The summed E-state index contributed by atoms with van der Waals surface area (Å²) in [5.74, 6) is 1.67. The largest absolute Gasteiger partial charge is 0.484 e. The van der Waals surface area contributed by atoms with Gasteiger partial charge >= 0.3 is 0 Å². The number of carbonyl (C=O) groups excluding carboxylic acids is 1. The summed E-state index contributed by atoms with van der Waals surface area (Å²) in [5, 5.41) is 18.4. The van der Waals surface area contributed by atoms with Crippen LogP contribution in [-0.4, -0.2) is 32.5 Å². The van der Waals surface area contributed by atoms with E-state index >= 15 is 0 Å². The lowest BCUT2D eigenvalue weighted by Crippen LogP contribution is -2.20. The first-order chi connectivity index (χ1) is 14.3. The Morgan fingerprint density at radius 2 is 1.69 bits per heavy atom. The highest BCUT2D eigenvalue weighted by Gasteiger charge is 2.05. The summed E-state index contributed by atoms with van der Waals surface area (Å²) in [7, 11) is 0. The average Bonchev–Trinajstić information content (AvgIpc) is 3.30. The number of rotatable bonds is 7. The highest BCUT2D eigenvalue weighted by atomic mass is 16.5. The van der Waals surface area contributed by atoms with Gasteiger partial charge in [0.15, 0.2) is 18.2 Å². The maximum atomic E-state index is 12.0. The zero-order valence-corrected chi connectivity index (χ0v) is 15.4. The fraction of sp³-hybridized carbons (Fsp3) is 0.0476. The quantitative estimate of drug-likeness (QED) is 0.505. The van der Waals surface area contributed by atoms with Crippen LogP contribution in [0.3, 0.4) is 0 Å². The molecule has 8 nitrogen and oxygen atoms in total. The number of hydrogen-bond acceptors (Lipinski definition) is 6. The van der Waals surface area contributed by atoms with Gasteiger partial charge in [-0.1, -0.05) is 18.2 Å². The minimum atomic E-state index is -0.227. The van der Waals surface area contributed by atoms with Gasteiger partial charge in [0.1, 0.15) is 5.75 Å². The third-order valence-electron chi connectivity index (χ3n) is 3.94. The predicted octanol–water partition coefficient (Wildman–Crippen LogP) is 3.42. The molecule has 0 spiro atoms. The average molecular weight is 386 g/mol. The molecule has 2 aromatic heterocycles. The van der Waals surface area contributed by atoms with Gasteiger partial charge in [-0.25, -0.2) is 4.68 Å². The summed E-state index contributed by atoms with van der Waals surface area (Å²) in [6.45, 7) is -0.0534. The van der Waals surface area contributed by atoms with Gasteiger partial charge in [0.2, 0.25) is 0 Å². The van der Waals surface area contributed by atoms with E-state index in [2.05, 4.69) is 25.9 Å². The molecular weight excluding hydrogens is 368 g/mol. The van der Waals surface area contributed by atoms with Crippen molar-refractivity contribution in [3.8, 4) is 11.6 Å². The molecule has 0 saturated carbocycles. The Hall–Kier alpha value is -4.20. The zero-order valence-electron chi connectivity index (χ0n) is 15.4. The molecule has 1 amide bonds. The number of benzene rings is 2. The van der Waals surface area contributed by atoms with Gasteiger partial charge in [-0.15, -0.1) is 10.2 Å². The van der Waals surface area contributed by atoms with Crippen LogP contribution in [0.25, 0.3) is 5.82 Å². The Morgan fingerprint density at radius 3 is 2.38 bits per heavy atom. The fourth-order valence-corrected chi connectivity index (χ4v) is 2.57. The van der Waals surface area contributed by atoms with Gasteiger partial charge in [-0.3, -0.25) is 4.79 Å². The lowest BCUT2D eigenvalue weighted by molar-refractivity contribution is -0.118. The van der Waals surface area contributed by atoms with Crippen LogP contribution in [0.1, 0.15) is 0 Å². The molecule has 0 atom stereocenters. The van der Waals surface area contributed by atoms with Crippen molar-refractivity contribution in [1.82, 2.24) is 20.0 Å². The van der Waals surface area contributed by atoms with E-state index in [1.807, 2.05) is 48.5 Å². The van der Waals surface area contributed by atoms with Crippen molar-refractivity contribution < 1.29 is 9.53 Å². The van der Waals surface area contributed by atoms with E-state index in [0.29, 0.717) is 23.1 Å². The third-order valence-corrected chi connectivity index (χ3v) is 3.94. The Morgan fingerprint density at radius 1 is 0.897 bits per heavy atom. The van der Waals surface area contributed by atoms with Gasteiger partial charge in [0.05, 0.1) is 0 Å². The van der Waals surface area contributed by atoms with Crippen molar-refractivity contribution in [2.24, 2.45) is 0 Å². The smallest absolute Gasteiger partial charge is 0.262 e. The highest BCUT2D eigenvalue weighted by Crippen LogP contribution is 2.18. The molecule has 2 aromatic carbocycles. The molecule has 0 bridgehead atoms. The number of aromatic nitrogens is 4. The van der Waals surface area contributed by atoms with E-state index in [1.54, 1.807) is 41.3 Å². The maximum Gasteiger partial charge on any atom is 0.262 e. The van der Waals surface area contributed by atoms with Crippen LogP contribution in [0.15, 0.2) is 85.2 Å². The van der Waals surface area contributed by atoms with E-state index < -0.39 is 0 Å². The highest BCUT2D eigenvalue weighted by molar-refractivity contribution is 5.92. The second kappa shape index (κ2) is 8.66. The number of nitrogens with zero attached hydrogens (tertiary/aromatic N) is 4. The van der Waals surface area contributed by atoms with Crippen LogP contribution in [-0.2, 0) is 4.79 Å². The number of anilines is 3. The summed E-state index contributed by atoms with van der Waals surface area (Å²) < 4.78 is 7.07. The summed E-state index contributed by atoms with van der Waals surface area (Å²) in [6, 6.07) is 22.0. The summed E-state index contributed by atoms with van der Waals surface area (Å²) >= 11 is 0. The molecule has 0 aliphatic heterocycles. The van der Waals surface area contributed by atoms with E-state index in [0.717, 1.165) is 5.69 Å². The molecule has 8 heteroatoms. The number of carbonyl (C=O) groups is 1. The van der Waals surface area contributed by atoms with Crippen LogP contribution in [0.5, 0.6) is 5.75 Å². The van der Waals surface area contributed by atoms with E-state index in [-0.39, 0.29) is 12.5 Å². The molecule has 0 fully saturated rings. The lowest BCUT2D eigenvalue weighted by Gasteiger charge is -2.09. The Kier molecular flexibility index (Phi) is 5.43. The van der Waals surface area contributed by atoms with Crippen LogP contribution in [0, 0.1) is 0 Å². The summed E-state index contributed by atoms with van der Waals surface area (Å²) in [5.41, 5.74) is 1.50. The minimum Gasteiger partial charge on any atom is -0.484 e. The molecule has 144 valence electrons. The molecule has 0 saturated heterocycles. The van der Waals surface area contributed by atoms with Crippen LogP contribution in [0.4, 0.5) is 17.2 Å². The molecule has 2 heterocycles. The third kappa shape index (κ3) is 4.95. The van der Waals surface area contributed by atoms with E-state index in [9.17, 15) is 4.79 Å². The molecule has 0 aliphatic carbocycles. The van der Waals surface area contributed by atoms with Crippen molar-refractivity contribution in [3.05, 3.63) is 85.2 Å². The normalized spacial score (nSPS) is 10.3.